The SMILES string of the molecule is C=Cc1c(C=C)c(=C)[nH]c1=C. The van der Waals surface area contributed by atoms with Crippen LogP contribution in [0.15, 0.2) is 13.2 Å². The van der Waals surface area contributed by atoms with Crippen LogP contribution in [-0.2, 0) is 0 Å². The van der Waals surface area contributed by atoms with Crippen molar-refractivity contribution in [1.82, 2.24) is 4.98 Å². The minimum atomic E-state index is 0.847. The van der Waals surface area contributed by atoms with Gasteiger partial charge in [-0.05, 0) is 0 Å². The van der Waals surface area contributed by atoms with Crippen molar-refractivity contribution in [3.05, 3.63) is 35.0 Å². The summed E-state index contributed by atoms with van der Waals surface area (Å²) in [5.41, 5.74) is 1.98. The molecular formula is C10H11N. The largest absolute Gasteiger partial charge is 0.355 e. The second kappa shape index (κ2) is 2.62. The van der Waals surface area contributed by atoms with Crippen LogP contribution in [0, 0.1) is 0 Å². The molecule has 0 saturated heterocycles. The van der Waals surface area contributed by atoms with Gasteiger partial charge < -0.3 is 4.98 Å². The fraction of sp³-hybridized carbons (Fsp3) is 0. The second-order valence-corrected chi connectivity index (χ2v) is 2.32. The first-order valence-electron chi connectivity index (χ1n) is 3.35. The predicted molar refractivity (Wildman–Crippen MR) is 51.3 cm³/mol. The third kappa shape index (κ3) is 1.05. The maximum absolute atomic E-state index is 3.81. The number of hydrogen-bond donors (Lipinski definition) is 1. The number of hydrogen-bond acceptors (Lipinski definition) is 0. The molecule has 0 atom stereocenters. The third-order valence-corrected chi connectivity index (χ3v) is 1.65. The van der Waals surface area contributed by atoms with Gasteiger partial charge in [0, 0.05) is 21.8 Å². The smallest absolute Gasteiger partial charge is 0.0391 e. The highest BCUT2D eigenvalue weighted by Gasteiger charge is 1.98. The summed E-state index contributed by atoms with van der Waals surface area (Å²) < 4.78 is 0. The van der Waals surface area contributed by atoms with Crippen LogP contribution >= 0.6 is 0 Å². The van der Waals surface area contributed by atoms with E-state index in [1.165, 1.54) is 0 Å². The van der Waals surface area contributed by atoms with E-state index in [2.05, 4.69) is 31.3 Å². The maximum Gasteiger partial charge on any atom is 0.0391 e. The van der Waals surface area contributed by atoms with Crippen LogP contribution in [0.2, 0.25) is 0 Å². The standard InChI is InChI=1S/C10H11N/c1-5-9-7(3)11-8(4)10(9)6-2/h5-6,11H,1-4H2. The van der Waals surface area contributed by atoms with E-state index in [9.17, 15) is 0 Å². The Labute approximate surface area is 66.1 Å². The summed E-state index contributed by atoms with van der Waals surface area (Å²) in [6, 6.07) is 0. The molecule has 0 saturated carbocycles. The molecule has 1 heterocycles. The molecule has 1 aromatic rings. The molecule has 1 nitrogen and oxygen atoms in total. The zero-order valence-electron chi connectivity index (χ0n) is 6.48. The molecule has 0 aliphatic carbocycles. The second-order valence-electron chi connectivity index (χ2n) is 2.32. The van der Waals surface area contributed by atoms with Crippen molar-refractivity contribution >= 4 is 25.3 Å². The molecule has 1 heteroatoms. The van der Waals surface area contributed by atoms with Gasteiger partial charge in [-0.25, -0.2) is 0 Å². The minimum Gasteiger partial charge on any atom is -0.355 e. The fourth-order valence-electron chi connectivity index (χ4n) is 1.11. The van der Waals surface area contributed by atoms with Gasteiger partial charge in [0.25, 0.3) is 0 Å². The summed E-state index contributed by atoms with van der Waals surface area (Å²) in [6.45, 7) is 15.0. The molecule has 0 aliphatic rings. The number of aromatic amines is 1. The van der Waals surface area contributed by atoms with Crippen molar-refractivity contribution < 1.29 is 0 Å². The van der Waals surface area contributed by atoms with Crippen molar-refractivity contribution in [1.29, 1.82) is 0 Å². The Morgan fingerprint density at radius 3 is 1.55 bits per heavy atom. The van der Waals surface area contributed by atoms with Crippen LogP contribution in [0.4, 0.5) is 0 Å². The third-order valence-electron chi connectivity index (χ3n) is 1.65. The predicted octanol–water partition coefficient (Wildman–Crippen LogP) is 1.12. The molecule has 0 aliphatic heterocycles. The van der Waals surface area contributed by atoms with Crippen molar-refractivity contribution in [3.63, 3.8) is 0 Å². The molecule has 56 valence electrons. The van der Waals surface area contributed by atoms with Crippen LogP contribution in [0.25, 0.3) is 25.3 Å². The number of H-pyrrole nitrogens is 1. The molecule has 1 aromatic heterocycles. The summed E-state index contributed by atoms with van der Waals surface area (Å²) in [5.74, 6) is 0. The van der Waals surface area contributed by atoms with Gasteiger partial charge in [0.2, 0.25) is 0 Å². The summed E-state index contributed by atoms with van der Waals surface area (Å²) in [6.07, 6.45) is 3.51. The molecule has 0 amide bonds. The maximum atomic E-state index is 3.81. The van der Waals surface area contributed by atoms with Gasteiger partial charge in [-0.15, -0.1) is 0 Å². The lowest BCUT2D eigenvalue weighted by Gasteiger charge is -1.87. The molecule has 0 spiro atoms. The lowest BCUT2D eigenvalue weighted by atomic mass is 10.1. The highest BCUT2D eigenvalue weighted by atomic mass is 14.7. The Kier molecular flexibility index (Phi) is 1.81. The molecule has 1 N–H and O–H groups in total. The van der Waals surface area contributed by atoms with Crippen molar-refractivity contribution in [3.8, 4) is 0 Å². The Morgan fingerprint density at radius 1 is 0.909 bits per heavy atom. The van der Waals surface area contributed by atoms with Gasteiger partial charge in [-0.3, -0.25) is 0 Å². The Hall–Kier alpha value is -1.50. The summed E-state index contributed by atoms with van der Waals surface area (Å²) in [4.78, 5) is 3.01. The molecule has 0 unspecified atom stereocenters. The fourth-order valence-corrected chi connectivity index (χ4v) is 1.11. The number of aromatic nitrogens is 1. The molecule has 0 aromatic carbocycles. The normalized spacial score (nSPS) is 9.45. The van der Waals surface area contributed by atoms with Crippen molar-refractivity contribution in [2.45, 2.75) is 0 Å². The first-order valence-corrected chi connectivity index (χ1v) is 3.35. The van der Waals surface area contributed by atoms with E-state index in [-0.39, 0.29) is 0 Å². The van der Waals surface area contributed by atoms with Crippen LogP contribution in [0.5, 0.6) is 0 Å². The van der Waals surface area contributed by atoms with Crippen molar-refractivity contribution in [2.24, 2.45) is 0 Å². The number of rotatable bonds is 2. The van der Waals surface area contributed by atoms with Crippen LogP contribution in [0.3, 0.4) is 0 Å². The van der Waals surface area contributed by atoms with Gasteiger partial charge in [-0.2, -0.15) is 0 Å². The Bertz CT molecular complexity index is 345. The number of nitrogens with one attached hydrogen (secondary N) is 1. The Balaban J connectivity index is 3.66. The zero-order chi connectivity index (χ0) is 8.43. The molecule has 11 heavy (non-hydrogen) atoms. The average molecular weight is 145 g/mol. The zero-order valence-corrected chi connectivity index (χ0v) is 6.48. The van der Waals surface area contributed by atoms with Crippen LogP contribution < -0.4 is 10.7 Å². The highest BCUT2D eigenvalue weighted by Crippen LogP contribution is 1.99. The van der Waals surface area contributed by atoms with Gasteiger partial charge >= 0.3 is 0 Å². The van der Waals surface area contributed by atoms with Gasteiger partial charge in [0.05, 0.1) is 0 Å². The first kappa shape index (κ1) is 7.61. The highest BCUT2D eigenvalue weighted by molar-refractivity contribution is 5.64. The average Bonchev–Trinajstić information content (AvgIpc) is 2.24. The van der Waals surface area contributed by atoms with Crippen molar-refractivity contribution in [2.75, 3.05) is 0 Å². The van der Waals surface area contributed by atoms with E-state index in [1.807, 2.05) is 0 Å². The van der Waals surface area contributed by atoms with E-state index in [1.54, 1.807) is 12.2 Å². The van der Waals surface area contributed by atoms with E-state index in [4.69, 9.17) is 0 Å². The molecule has 0 bridgehead atoms. The molecule has 1 rings (SSSR count). The first-order chi connectivity index (χ1) is 5.20. The quantitative estimate of drug-likeness (QED) is 0.642. The van der Waals surface area contributed by atoms with E-state index >= 15 is 0 Å². The lowest BCUT2D eigenvalue weighted by Crippen LogP contribution is -2.06. The minimum absolute atomic E-state index is 0.847. The molecule has 0 radical (unpaired) electrons. The van der Waals surface area contributed by atoms with E-state index in [0.29, 0.717) is 0 Å². The Morgan fingerprint density at radius 2 is 1.27 bits per heavy atom. The topological polar surface area (TPSA) is 15.8 Å². The van der Waals surface area contributed by atoms with E-state index in [0.717, 1.165) is 21.8 Å². The van der Waals surface area contributed by atoms with Crippen LogP contribution in [0.1, 0.15) is 11.1 Å². The summed E-state index contributed by atoms with van der Waals surface area (Å²) >= 11 is 0. The summed E-state index contributed by atoms with van der Waals surface area (Å²) in [7, 11) is 0. The molecule has 0 fully saturated rings. The lowest BCUT2D eigenvalue weighted by molar-refractivity contribution is 1.28. The summed E-state index contributed by atoms with van der Waals surface area (Å²) in [5, 5.41) is 1.69. The monoisotopic (exact) mass is 145 g/mol. The van der Waals surface area contributed by atoms with E-state index < -0.39 is 0 Å². The van der Waals surface area contributed by atoms with Gasteiger partial charge in [0.15, 0.2) is 0 Å². The molecular weight excluding hydrogens is 134 g/mol. The van der Waals surface area contributed by atoms with Gasteiger partial charge in [0.1, 0.15) is 0 Å². The van der Waals surface area contributed by atoms with Crippen LogP contribution in [-0.4, -0.2) is 4.98 Å². The van der Waals surface area contributed by atoms with Gasteiger partial charge in [-0.1, -0.05) is 38.5 Å².